The zero-order chi connectivity index (χ0) is 25.7. The number of ketones is 1. The maximum Gasteiger partial charge on any atom is 0.216 e. The third-order valence-corrected chi connectivity index (χ3v) is 9.17. The molecule has 3 aliphatic rings. The minimum atomic E-state index is -1.50. The summed E-state index contributed by atoms with van der Waals surface area (Å²) < 4.78 is 33.1. The molecule has 37 heavy (non-hydrogen) atoms. The van der Waals surface area contributed by atoms with Crippen LogP contribution in [0.2, 0.25) is 0 Å². The summed E-state index contributed by atoms with van der Waals surface area (Å²) in [5.74, 6) is 0.445. The fourth-order valence-electron chi connectivity index (χ4n) is 5.56. The van der Waals surface area contributed by atoms with Crippen LogP contribution in [0, 0.1) is 11.3 Å². The minimum Gasteiger partial charge on any atom is -0.593 e. The van der Waals surface area contributed by atoms with E-state index in [4.69, 9.17) is 14.2 Å². The van der Waals surface area contributed by atoms with Gasteiger partial charge in [-0.05, 0) is 23.8 Å². The number of rotatable bonds is 4. The fraction of sp³-hybridized carbons (Fsp3) is 0.429. The summed E-state index contributed by atoms with van der Waals surface area (Å²) in [5, 5.41) is 10.1. The molecule has 6 rings (SSSR count). The van der Waals surface area contributed by atoms with Gasteiger partial charge in [-0.15, -0.1) is 4.31 Å². The molecular formula is C28H29N3O5S. The van der Waals surface area contributed by atoms with E-state index in [1.54, 1.807) is 18.2 Å². The number of hydrogen-bond donors (Lipinski definition) is 1. The molecule has 9 heteroatoms. The van der Waals surface area contributed by atoms with Crippen molar-refractivity contribution in [3.8, 4) is 11.8 Å². The Morgan fingerprint density at radius 1 is 1.14 bits per heavy atom. The minimum absolute atomic E-state index is 0.0392. The second-order valence-electron chi connectivity index (χ2n) is 10.3. The number of carbonyl (C=O) groups excluding carboxylic acids is 1. The van der Waals surface area contributed by atoms with Crippen molar-refractivity contribution in [3.63, 3.8) is 0 Å². The van der Waals surface area contributed by atoms with Gasteiger partial charge in [-0.2, -0.15) is 5.26 Å². The number of morpholine rings is 1. The van der Waals surface area contributed by atoms with Crippen molar-refractivity contribution in [1.82, 2.24) is 9.29 Å². The van der Waals surface area contributed by atoms with Gasteiger partial charge >= 0.3 is 0 Å². The largest absolute Gasteiger partial charge is 0.593 e. The van der Waals surface area contributed by atoms with Gasteiger partial charge in [0.25, 0.3) is 0 Å². The lowest BCUT2D eigenvalue weighted by atomic mass is 9.71. The van der Waals surface area contributed by atoms with Gasteiger partial charge in [0.1, 0.15) is 6.10 Å². The second kappa shape index (κ2) is 9.46. The Hall–Kier alpha value is -2.87. The first-order valence-corrected chi connectivity index (χ1v) is 13.8. The number of aromatic amines is 1. The molecule has 2 saturated heterocycles. The van der Waals surface area contributed by atoms with Crippen molar-refractivity contribution >= 4 is 28.0 Å². The number of carbonyl (C=O) groups is 1. The van der Waals surface area contributed by atoms with Gasteiger partial charge < -0.3 is 23.7 Å². The average Bonchev–Trinajstić information content (AvgIpc) is 3.32. The molecule has 1 atom stereocenters. The third-order valence-electron chi connectivity index (χ3n) is 7.64. The highest BCUT2D eigenvalue weighted by atomic mass is 32.2. The van der Waals surface area contributed by atoms with E-state index >= 15 is 0 Å². The fourth-order valence-corrected chi connectivity index (χ4v) is 6.82. The monoisotopic (exact) mass is 519 g/mol. The van der Waals surface area contributed by atoms with E-state index in [0.29, 0.717) is 66.9 Å². The summed E-state index contributed by atoms with van der Waals surface area (Å²) in [5.41, 5.74) is 3.54. The van der Waals surface area contributed by atoms with Crippen LogP contribution in [0.4, 0.5) is 0 Å². The van der Waals surface area contributed by atoms with E-state index in [9.17, 15) is 14.6 Å². The highest BCUT2D eigenvalue weighted by molar-refractivity contribution is 7.89. The number of hydrogen-bond acceptors (Lipinski definition) is 7. The van der Waals surface area contributed by atoms with E-state index in [1.165, 1.54) is 0 Å². The lowest BCUT2D eigenvalue weighted by molar-refractivity contribution is 0.0242. The molecule has 0 bridgehead atoms. The molecule has 2 aromatic carbocycles. The first kappa shape index (κ1) is 24.5. The van der Waals surface area contributed by atoms with Crippen LogP contribution in [-0.4, -0.2) is 65.2 Å². The maximum absolute atomic E-state index is 14.0. The van der Waals surface area contributed by atoms with Crippen LogP contribution in [0.15, 0.2) is 35.2 Å². The quantitative estimate of drug-likeness (QED) is 0.522. The molecule has 1 N–H and O–H groups in total. The zero-order valence-corrected chi connectivity index (χ0v) is 21.8. The predicted molar refractivity (Wildman–Crippen MR) is 138 cm³/mol. The number of nitrogens with zero attached hydrogens (tertiary/aromatic N) is 2. The molecule has 8 nitrogen and oxygen atoms in total. The van der Waals surface area contributed by atoms with Gasteiger partial charge in [0, 0.05) is 46.5 Å². The van der Waals surface area contributed by atoms with Crippen molar-refractivity contribution in [2.75, 3.05) is 39.5 Å². The van der Waals surface area contributed by atoms with Gasteiger partial charge in [-0.1, -0.05) is 19.9 Å². The molecule has 0 spiro atoms. The van der Waals surface area contributed by atoms with Gasteiger partial charge in [0.05, 0.1) is 68.1 Å². The lowest BCUT2D eigenvalue weighted by Gasteiger charge is -2.34. The lowest BCUT2D eigenvalue weighted by Crippen LogP contribution is -2.41. The highest BCUT2D eigenvalue weighted by Gasteiger charge is 2.42. The number of fused-ring (bicyclic) bond motifs is 4. The molecule has 0 radical (unpaired) electrons. The first-order chi connectivity index (χ1) is 17.9. The number of nitriles is 1. The number of aromatic nitrogens is 1. The van der Waals surface area contributed by atoms with Crippen LogP contribution in [0.5, 0.6) is 5.75 Å². The molecule has 1 aromatic heterocycles. The predicted octanol–water partition coefficient (Wildman–Crippen LogP) is 3.82. The summed E-state index contributed by atoms with van der Waals surface area (Å²) in [6.45, 7) is 7.55. The molecule has 2 fully saturated rings. The standard InChI is InChI=1S/C28H29N3O5S/c1-28(2)21-15-23(36-18-5-9-34-10-6-18)24(37(33)31-7-11-35-12-8-31)14-20(21)26(32)25-19-4-3-17(16-29)13-22(19)30-27(25)28/h3-4,13-15,18,30H,5-12H2,1-2H3. The van der Waals surface area contributed by atoms with Crippen LogP contribution < -0.4 is 4.74 Å². The number of nitrogens with one attached hydrogen (secondary N) is 1. The molecule has 3 heterocycles. The van der Waals surface area contributed by atoms with Gasteiger partial charge in [0.2, 0.25) is 4.90 Å². The Morgan fingerprint density at radius 2 is 1.86 bits per heavy atom. The Labute approximate surface area is 218 Å². The first-order valence-electron chi connectivity index (χ1n) is 12.7. The van der Waals surface area contributed by atoms with Crippen molar-refractivity contribution < 1.29 is 23.6 Å². The topological polar surface area (TPSA) is 111 Å². The smallest absolute Gasteiger partial charge is 0.216 e. The van der Waals surface area contributed by atoms with Crippen LogP contribution >= 0.6 is 0 Å². The average molecular weight is 520 g/mol. The van der Waals surface area contributed by atoms with Gasteiger partial charge in [-0.25, -0.2) is 0 Å². The van der Waals surface area contributed by atoms with Crippen molar-refractivity contribution in [3.05, 3.63) is 58.3 Å². The molecule has 192 valence electrons. The molecule has 0 saturated carbocycles. The summed E-state index contributed by atoms with van der Waals surface area (Å²) >= 11 is -1.50. The number of benzene rings is 2. The van der Waals surface area contributed by atoms with Crippen LogP contribution in [0.1, 0.15) is 59.4 Å². The van der Waals surface area contributed by atoms with Gasteiger partial charge in [0.15, 0.2) is 11.5 Å². The van der Waals surface area contributed by atoms with E-state index < -0.39 is 16.8 Å². The van der Waals surface area contributed by atoms with E-state index in [1.807, 2.05) is 16.4 Å². The number of ether oxygens (including phenoxy) is 3. The Balaban J connectivity index is 1.50. The summed E-state index contributed by atoms with van der Waals surface area (Å²) in [6.07, 6.45) is 1.48. The highest BCUT2D eigenvalue weighted by Crippen LogP contribution is 2.46. The maximum atomic E-state index is 14.0. The van der Waals surface area contributed by atoms with Crippen LogP contribution in [0.25, 0.3) is 10.9 Å². The molecular weight excluding hydrogens is 490 g/mol. The Morgan fingerprint density at radius 3 is 2.59 bits per heavy atom. The second-order valence-corrected chi connectivity index (χ2v) is 11.7. The molecule has 1 unspecified atom stereocenters. The normalized spacial score (nSPS) is 20.8. The van der Waals surface area contributed by atoms with E-state index in [2.05, 4.69) is 24.9 Å². The van der Waals surface area contributed by atoms with Crippen molar-refractivity contribution in [2.24, 2.45) is 0 Å². The van der Waals surface area contributed by atoms with Gasteiger partial charge in [-0.3, -0.25) is 4.79 Å². The van der Waals surface area contributed by atoms with E-state index in [-0.39, 0.29) is 11.9 Å². The SMILES string of the molecule is CC1(C)c2cc(OC3CCOCC3)c([S+]([O-])N3CCOCC3)cc2C(=O)c2c1[nH]c1cc(C#N)ccc21. The molecule has 3 aromatic rings. The molecule has 0 amide bonds. The summed E-state index contributed by atoms with van der Waals surface area (Å²) in [4.78, 5) is 18.0. The Kier molecular flexibility index (Phi) is 6.25. The van der Waals surface area contributed by atoms with Crippen LogP contribution in [-0.2, 0) is 26.3 Å². The molecule has 1 aliphatic carbocycles. The van der Waals surface area contributed by atoms with Crippen LogP contribution in [0.3, 0.4) is 0 Å². The Bertz CT molecular complexity index is 1410. The van der Waals surface area contributed by atoms with E-state index in [0.717, 1.165) is 35.0 Å². The van der Waals surface area contributed by atoms with Crippen molar-refractivity contribution in [1.29, 1.82) is 5.26 Å². The van der Waals surface area contributed by atoms with Crippen molar-refractivity contribution in [2.45, 2.75) is 43.1 Å². The summed E-state index contributed by atoms with van der Waals surface area (Å²) in [6, 6.07) is 11.2. The number of H-pyrrole nitrogens is 1. The molecule has 2 aliphatic heterocycles. The zero-order valence-electron chi connectivity index (χ0n) is 21.0. The summed E-state index contributed by atoms with van der Waals surface area (Å²) in [7, 11) is 0. The third kappa shape index (κ3) is 4.13.